The van der Waals surface area contributed by atoms with Crippen LogP contribution in [0.2, 0.25) is 0 Å². The Morgan fingerprint density at radius 1 is 1.56 bits per heavy atom. The van der Waals surface area contributed by atoms with Crippen molar-refractivity contribution >= 4 is 11.8 Å². The van der Waals surface area contributed by atoms with Gasteiger partial charge >= 0.3 is 0 Å². The van der Waals surface area contributed by atoms with Crippen molar-refractivity contribution in [1.82, 2.24) is 10.2 Å². The highest BCUT2D eigenvalue weighted by Gasteiger charge is 2.43. The Labute approximate surface area is 107 Å². The summed E-state index contributed by atoms with van der Waals surface area (Å²) in [5.41, 5.74) is 4.79. The van der Waals surface area contributed by atoms with Gasteiger partial charge in [0.25, 0.3) is 0 Å². The van der Waals surface area contributed by atoms with Gasteiger partial charge in [0.15, 0.2) is 6.10 Å². The highest BCUT2D eigenvalue weighted by Crippen LogP contribution is 2.26. The van der Waals surface area contributed by atoms with Crippen LogP contribution in [0, 0.1) is 0 Å². The number of carbonyl (C=O) groups excluding carboxylic acids is 2. The molecule has 0 spiro atoms. The lowest BCUT2D eigenvalue weighted by molar-refractivity contribution is -0.150. The number of amides is 2. The molecule has 0 aromatic rings. The maximum atomic E-state index is 12.6. The van der Waals surface area contributed by atoms with Gasteiger partial charge in [0, 0.05) is 6.54 Å². The molecule has 2 atom stereocenters. The van der Waals surface area contributed by atoms with E-state index in [2.05, 4.69) is 5.32 Å². The fourth-order valence-electron chi connectivity index (χ4n) is 2.75. The molecule has 2 saturated heterocycles. The van der Waals surface area contributed by atoms with Crippen LogP contribution in [-0.4, -0.2) is 54.6 Å². The van der Waals surface area contributed by atoms with Gasteiger partial charge in [0.05, 0.1) is 18.7 Å². The predicted octanol–water partition coefficient (Wildman–Crippen LogP) is -0.769. The van der Waals surface area contributed by atoms with Crippen LogP contribution in [0.25, 0.3) is 0 Å². The molecule has 0 aliphatic carbocycles. The van der Waals surface area contributed by atoms with Crippen molar-refractivity contribution in [2.75, 3.05) is 26.2 Å². The van der Waals surface area contributed by atoms with E-state index in [0.717, 1.165) is 25.8 Å². The van der Waals surface area contributed by atoms with E-state index in [-0.39, 0.29) is 12.5 Å². The standard InChI is InChI=1S/C12H21N3O3/c1-2-12(4-3-5-14-12)11(17)15-6-7-18-9(8-15)10(13)16/h9,14H,2-8H2,1H3,(H2,13,16). The average molecular weight is 255 g/mol. The van der Waals surface area contributed by atoms with Crippen molar-refractivity contribution in [2.24, 2.45) is 5.73 Å². The van der Waals surface area contributed by atoms with Crippen LogP contribution >= 0.6 is 0 Å². The Kier molecular flexibility index (Phi) is 3.87. The van der Waals surface area contributed by atoms with Gasteiger partial charge < -0.3 is 20.7 Å². The van der Waals surface area contributed by atoms with Crippen molar-refractivity contribution in [3.05, 3.63) is 0 Å². The first-order chi connectivity index (χ1) is 8.59. The number of nitrogens with two attached hydrogens (primary N) is 1. The van der Waals surface area contributed by atoms with Crippen LogP contribution in [0.5, 0.6) is 0 Å². The molecule has 0 aromatic carbocycles. The first-order valence-electron chi connectivity index (χ1n) is 6.54. The number of primary amides is 1. The minimum atomic E-state index is -0.669. The molecule has 18 heavy (non-hydrogen) atoms. The minimum absolute atomic E-state index is 0.0806. The number of nitrogens with zero attached hydrogens (tertiary/aromatic N) is 1. The number of morpholine rings is 1. The summed E-state index contributed by atoms with van der Waals surface area (Å²) < 4.78 is 5.26. The number of nitrogens with one attached hydrogen (secondary N) is 1. The van der Waals surface area contributed by atoms with Crippen molar-refractivity contribution in [3.63, 3.8) is 0 Å². The normalized spacial score (nSPS) is 32.5. The molecule has 2 heterocycles. The lowest BCUT2D eigenvalue weighted by Crippen LogP contribution is -2.59. The molecule has 2 fully saturated rings. The summed E-state index contributed by atoms with van der Waals surface area (Å²) >= 11 is 0. The Morgan fingerprint density at radius 3 is 2.89 bits per heavy atom. The van der Waals surface area contributed by atoms with Crippen LogP contribution in [0.1, 0.15) is 26.2 Å². The Morgan fingerprint density at radius 2 is 2.33 bits per heavy atom. The van der Waals surface area contributed by atoms with Crippen LogP contribution in [0.3, 0.4) is 0 Å². The Bertz CT molecular complexity index is 339. The van der Waals surface area contributed by atoms with Gasteiger partial charge in [0.2, 0.25) is 11.8 Å². The van der Waals surface area contributed by atoms with Gasteiger partial charge in [-0.1, -0.05) is 6.92 Å². The largest absolute Gasteiger partial charge is 0.367 e. The van der Waals surface area contributed by atoms with Crippen molar-refractivity contribution < 1.29 is 14.3 Å². The zero-order valence-corrected chi connectivity index (χ0v) is 10.8. The second-order valence-electron chi connectivity index (χ2n) is 4.98. The van der Waals surface area contributed by atoms with Gasteiger partial charge in [-0.2, -0.15) is 0 Å². The van der Waals surface area contributed by atoms with E-state index in [0.29, 0.717) is 13.2 Å². The number of ether oxygens (including phenoxy) is 1. The summed E-state index contributed by atoms with van der Waals surface area (Å²) in [7, 11) is 0. The van der Waals surface area contributed by atoms with E-state index >= 15 is 0 Å². The van der Waals surface area contributed by atoms with Gasteiger partial charge in [-0.15, -0.1) is 0 Å². The summed E-state index contributed by atoms with van der Waals surface area (Å²) in [6, 6.07) is 0. The monoisotopic (exact) mass is 255 g/mol. The lowest BCUT2D eigenvalue weighted by atomic mass is 9.92. The second-order valence-corrected chi connectivity index (χ2v) is 4.98. The summed E-state index contributed by atoms with van der Waals surface area (Å²) in [5, 5.41) is 3.31. The zero-order chi connectivity index (χ0) is 13.2. The molecule has 0 bridgehead atoms. The van der Waals surface area contributed by atoms with E-state index < -0.39 is 17.6 Å². The van der Waals surface area contributed by atoms with E-state index in [1.807, 2.05) is 6.92 Å². The fraction of sp³-hybridized carbons (Fsp3) is 0.833. The van der Waals surface area contributed by atoms with E-state index in [9.17, 15) is 9.59 Å². The third kappa shape index (κ3) is 2.35. The number of rotatable bonds is 3. The van der Waals surface area contributed by atoms with Gasteiger partial charge in [-0.3, -0.25) is 9.59 Å². The summed E-state index contributed by atoms with van der Waals surface area (Å²) in [4.78, 5) is 25.4. The quantitative estimate of drug-likeness (QED) is 0.693. The molecule has 6 nitrogen and oxygen atoms in total. The highest BCUT2D eigenvalue weighted by molar-refractivity contribution is 5.88. The van der Waals surface area contributed by atoms with Gasteiger partial charge in [-0.25, -0.2) is 0 Å². The Balaban J connectivity index is 2.06. The molecule has 3 N–H and O–H groups in total. The number of hydrogen-bond donors (Lipinski definition) is 2. The molecule has 6 heteroatoms. The van der Waals surface area contributed by atoms with Crippen LogP contribution in [0.4, 0.5) is 0 Å². The fourth-order valence-corrected chi connectivity index (χ4v) is 2.75. The third-order valence-corrected chi connectivity index (χ3v) is 3.93. The third-order valence-electron chi connectivity index (χ3n) is 3.93. The van der Waals surface area contributed by atoms with Crippen molar-refractivity contribution in [1.29, 1.82) is 0 Å². The maximum Gasteiger partial charge on any atom is 0.248 e. The molecular formula is C12H21N3O3. The summed E-state index contributed by atoms with van der Waals surface area (Å²) in [6.07, 6.45) is 1.98. The molecule has 0 saturated carbocycles. The van der Waals surface area contributed by atoms with Crippen LogP contribution in [0.15, 0.2) is 0 Å². The molecule has 2 rings (SSSR count). The molecule has 2 amide bonds. The average Bonchev–Trinajstić information content (AvgIpc) is 2.88. The van der Waals surface area contributed by atoms with Crippen molar-refractivity contribution in [2.45, 2.75) is 37.8 Å². The van der Waals surface area contributed by atoms with Crippen LogP contribution in [-0.2, 0) is 14.3 Å². The first kappa shape index (κ1) is 13.3. The molecule has 0 radical (unpaired) electrons. The predicted molar refractivity (Wildman–Crippen MR) is 65.8 cm³/mol. The molecule has 0 aromatic heterocycles. The van der Waals surface area contributed by atoms with Gasteiger partial charge in [-0.05, 0) is 25.8 Å². The molecule has 102 valence electrons. The minimum Gasteiger partial charge on any atom is -0.367 e. The van der Waals surface area contributed by atoms with Gasteiger partial charge in [0.1, 0.15) is 0 Å². The lowest BCUT2D eigenvalue weighted by Gasteiger charge is -2.38. The first-order valence-corrected chi connectivity index (χ1v) is 6.54. The summed E-state index contributed by atoms with van der Waals surface area (Å²) in [6.45, 7) is 4.08. The van der Waals surface area contributed by atoms with Crippen molar-refractivity contribution in [3.8, 4) is 0 Å². The second kappa shape index (κ2) is 5.24. The molecule has 2 aliphatic heterocycles. The van der Waals surface area contributed by atoms with Crippen LogP contribution < -0.4 is 11.1 Å². The van der Waals surface area contributed by atoms with E-state index in [1.54, 1.807) is 4.90 Å². The highest BCUT2D eigenvalue weighted by atomic mass is 16.5. The summed E-state index contributed by atoms with van der Waals surface area (Å²) in [5.74, 6) is -0.422. The van der Waals surface area contributed by atoms with E-state index in [1.165, 1.54) is 0 Å². The topological polar surface area (TPSA) is 84.7 Å². The molecule has 2 unspecified atom stereocenters. The Hall–Kier alpha value is -1.14. The number of carbonyl (C=O) groups is 2. The van der Waals surface area contributed by atoms with E-state index in [4.69, 9.17) is 10.5 Å². The smallest absolute Gasteiger partial charge is 0.248 e. The zero-order valence-electron chi connectivity index (χ0n) is 10.8. The SMILES string of the molecule is CCC1(C(=O)N2CCOC(C(N)=O)C2)CCCN1. The number of hydrogen-bond acceptors (Lipinski definition) is 4. The molecular weight excluding hydrogens is 234 g/mol. The maximum absolute atomic E-state index is 12.6. The molecule has 2 aliphatic rings.